The topological polar surface area (TPSA) is 32.8 Å². The van der Waals surface area contributed by atoms with Crippen LogP contribution in [0.2, 0.25) is 0 Å². The van der Waals surface area contributed by atoms with E-state index in [1.54, 1.807) is 0 Å². The fourth-order valence-electron chi connectivity index (χ4n) is 2.09. The van der Waals surface area contributed by atoms with Crippen LogP contribution >= 0.6 is 0 Å². The van der Waals surface area contributed by atoms with Gasteiger partial charge < -0.3 is 14.5 Å². The van der Waals surface area contributed by atoms with E-state index >= 15 is 0 Å². The molecule has 0 saturated carbocycles. The van der Waals surface area contributed by atoms with E-state index in [2.05, 4.69) is 18.0 Å². The van der Waals surface area contributed by atoms with E-state index in [0.717, 1.165) is 38.3 Å². The molecule has 1 aliphatic rings. The van der Waals surface area contributed by atoms with Crippen molar-refractivity contribution in [1.29, 1.82) is 0 Å². The van der Waals surface area contributed by atoms with Gasteiger partial charge in [-0.05, 0) is 31.7 Å². The van der Waals surface area contributed by atoms with E-state index in [1.165, 1.54) is 0 Å². The van der Waals surface area contributed by atoms with Crippen molar-refractivity contribution in [2.75, 3.05) is 39.8 Å². The van der Waals surface area contributed by atoms with E-state index < -0.39 is 0 Å². The van der Waals surface area contributed by atoms with Crippen LogP contribution in [-0.2, 0) is 4.79 Å². The molecule has 0 N–H and O–H groups in total. The molecule has 1 aromatic carbocycles. The fourth-order valence-corrected chi connectivity index (χ4v) is 2.09. The van der Waals surface area contributed by atoms with Gasteiger partial charge in [-0.15, -0.1) is 0 Å². The summed E-state index contributed by atoms with van der Waals surface area (Å²) < 4.78 is 5.55. The Morgan fingerprint density at radius 1 is 1.37 bits per heavy atom. The van der Waals surface area contributed by atoms with Crippen molar-refractivity contribution in [1.82, 2.24) is 9.80 Å². The highest BCUT2D eigenvalue weighted by Gasteiger charge is 2.18. The maximum Gasteiger partial charge on any atom is 0.222 e. The summed E-state index contributed by atoms with van der Waals surface area (Å²) in [6, 6.07) is 10.4. The second-order valence-electron chi connectivity index (χ2n) is 4.88. The largest absolute Gasteiger partial charge is 0.494 e. The van der Waals surface area contributed by atoms with Gasteiger partial charge in [-0.1, -0.05) is 12.1 Å². The van der Waals surface area contributed by atoms with Crippen LogP contribution < -0.4 is 4.74 Å². The minimum Gasteiger partial charge on any atom is -0.494 e. The lowest BCUT2D eigenvalue weighted by molar-refractivity contribution is -0.133. The summed E-state index contributed by atoms with van der Waals surface area (Å²) in [6.45, 7) is 4.23. The summed E-state index contributed by atoms with van der Waals surface area (Å²) in [5, 5.41) is 0. The number of carbonyl (C=O) groups is 1. The third-order valence-electron chi connectivity index (χ3n) is 3.34. The first-order chi connectivity index (χ1) is 9.25. The Labute approximate surface area is 115 Å². The summed E-state index contributed by atoms with van der Waals surface area (Å²) in [5.74, 6) is 1.06. The minimum atomic E-state index is 0.247. The van der Waals surface area contributed by atoms with E-state index in [1.807, 2.05) is 29.2 Å². The Morgan fingerprint density at radius 3 is 2.84 bits per heavy atom. The molecular weight excluding hydrogens is 240 g/mol. The monoisotopic (exact) mass is 261 g/mol. The molecule has 0 unspecified atom stereocenters. The lowest BCUT2D eigenvalue weighted by Crippen LogP contribution is -2.47. The Bertz CT molecular complexity index is 386. The van der Waals surface area contributed by atoms with Gasteiger partial charge in [0, 0.05) is 32.6 Å². The molecule has 4 heteroatoms. The minimum absolute atomic E-state index is 0.247. The van der Waals surface area contributed by atoms with Crippen LogP contribution in [0.5, 0.6) is 5.75 Å². The zero-order valence-corrected chi connectivity index (χ0v) is 11.5. The number of likely N-dealkylation sites (N-methyl/N-ethyl adjacent to an activating group) is 1. The molecule has 19 heavy (non-hydrogen) atoms. The molecular formula is C15H21N2O2. The third kappa shape index (κ3) is 4.56. The highest BCUT2D eigenvalue weighted by molar-refractivity contribution is 5.76. The second-order valence-corrected chi connectivity index (χ2v) is 4.88. The van der Waals surface area contributed by atoms with Gasteiger partial charge in [-0.2, -0.15) is 0 Å². The lowest BCUT2D eigenvalue weighted by Gasteiger charge is -2.32. The first kappa shape index (κ1) is 13.9. The average molecular weight is 261 g/mol. The molecule has 1 radical (unpaired) electrons. The number of amides is 1. The Morgan fingerprint density at radius 2 is 2.16 bits per heavy atom. The van der Waals surface area contributed by atoms with Crippen molar-refractivity contribution in [3.8, 4) is 5.75 Å². The van der Waals surface area contributed by atoms with Crippen molar-refractivity contribution < 1.29 is 9.53 Å². The number of rotatable bonds is 5. The predicted octanol–water partition coefficient (Wildman–Crippen LogP) is 1.42. The summed E-state index contributed by atoms with van der Waals surface area (Å²) in [5.41, 5.74) is 0. The first-order valence-electron chi connectivity index (χ1n) is 6.81. The Balaban J connectivity index is 1.61. The average Bonchev–Trinajstić information content (AvgIpc) is 2.45. The van der Waals surface area contributed by atoms with Crippen LogP contribution in [0.15, 0.2) is 24.3 Å². The number of ether oxygens (including phenoxy) is 1. The number of benzene rings is 1. The standard InChI is InChI=1S/C15H21N2O2/c1-16-9-11-17(12-10-16)15(18)8-5-13-19-14-6-3-2-4-7-14/h2-3,6-7H,5,8-13H2,1H3. The molecule has 0 spiro atoms. The van der Waals surface area contributed by atoms with Gasteiger partial charge >= 0.3 is 0 Å². The number of carbonyl (C=O) groups excluding carboxylic acids is 1. The molecule has 1 aromatic rings. The third-order valence-corrected chi connectivity index (χ3v) is 3.34. The predicted molar refractivity (Wildman–Crippen MR) is 74.1 cm³/mol. The molecule has 1 aliphatic heterocycles. The van der Waals surface area contributed by atoms with E-state index in [4.69, 9.17) is 4.74 Å². The van der Waals surface area contributed by atoms with Gasteiger partial charge in [-0.3, -0.25) is 4.79 Å². The van der Waals surface area contributed by atoms with Crippen LogP contribution in [0.4, 0.5) is 0 Å². The van der Waals surface area contributed by atoms with Crippen LogP contribution in [0.25, 0.3) is 0 Å². The first-order valence-corrected chi connectivity index (χ1v) is 6.81. The molecule has 1 fully saturated rings. The molecule has 0 atom stereocenters. The van der Waals surface area contributed by atoms with Crippen molar-refractivity contribution in [3.05, 3.63) is 30.3 Å². The Hall–Kier alpha value is -1.55. The quantitative estimate of drug-likeness (QED) is 0.752. The maximum absolute atomic E-state index is 12.0. The van der Waals surface area contributed by atoms with Crippen molar-refractivity contribution in [3.63, 3.8) is 0 Å². The molecule has 0 aromatic heterocycles. The molecule has 1 saturated heterocycles. The highest BCUT2D eigenvalue weighted by atomic mass is 16.5. The molecule has 103 valence electrons. The van der Waals surface area contributed by atoms with Crippen molar-refractivity contribution in [2.24, 2.45) is 0 Å². The zero-order chi connectivity index (χ0) is 13.5. The van der Waals surface area contributed by atoms with Gasteiger partial charge in [0.25, 0.3) is 0 Å². The van der Waals surface area contributed by atoms with Crippen molar-refractivity contribution >= 4 is 5.91 Å². The number of hydrogen-bond donors (Lipinski definition) is 0. The van der Waals surface area contributed by atoms with Gasteiger partial charge in [0.2, 0.25) is 5.91 Å². The van der Waals surface area contributed by atoms with Gasteiger partial charge in [-0.25, -0.2) is 0 Å². The number of nitrogens with zero attached hydrogens (tertiary/aromatic N) is 2. The molecule has 0 aliphatic carbocycles. The molecule has 2 rings (SSSR count). The highest BCUT2D eigenvalue weighted by Crippen LogP contribution is 2.09. The normalized spacial score (nSPS) is 16.4. The van der Waals surface area contributed by atoms with Crippen LogP contribution in [0, 0.1) is 6.07 Å². The molecule has 1 amide bonds. The SMILES string of the molecule is CN1CCN(C(=O)CCCOc2c[c]ccc2)CC1. The van der Waals surface area contributed by atoms with Gasteiger partial charge in [0.1, 0.15) is 5.75 Å². The van der Waals surface area contributed by atoms with E-state index in [-0.39, 0.29) is 5.91 Å². The second kappa shape index (κ2) is 7.14. The molecule has 4 nitrogen and oxygen atoms in total. The lowest BCUT2D eigenvalue weighted by atomic mass is 10.2. The number of piperazine rings is 1. The van der Waals surface area contributed by atoms with Crippen LogP contribution in [0.3, 0.4) is 0 Å². The molecule has 0 bridgehead atoms. The molecule has 1 heterocycles. The fraction of sp³-hybridized carbons (Fsp3) is 0.533. The maximum atomic E-state index is 12.0. The van der Waals surface area contributed by atoms with E-state index in [0.29, 0.717) is 13.0 Å². The summed E-state index contributed by atoms with van der Waals surface area (Å²) >= 11 is 0. The van der Waals surface area contributed by atoms with Crippen molar-refractivity contribution in [2.45, 2.75) is 12.8 Å². The Kier molecular flexibility index (Phi) is 5.21. The summed E-state index contributed by atoms with van der Waals surface area (Å²) in [4.78, 5) is 16.2. The van der Waals surface area contributed by atoms with Crippen LogP contribution in [0.1, 0.15) is 12.8 Å². The summed E-state index contributed by atoms with van der Waals surface area (Å²) in [7, 11) is 2.09. The number of hydrogen-bond acceptors (Lipinski definition) is 3. The van der Waals surface area contributed by atoms with E-state index in [9.17, 15) is 4.79 Å². The zero-order valence-electron chi connectivity index (χ0n) is 11.5. The van der Waals surface area contributed by atoms with Crippen LogP contribution in [-0.4, -0.2) is 55.5 Å². The summed E-state index contributed by atoms with van der Waals surface area (Å²) in [6.07, 6.45) is 1.33. The van der Waals surface area contributed by atoms with Gasteiger partial charge in [0.05, 0.1) is 6.61 Å². The van der Waals surface area contributed by atoms with Gasteiger partial charge in [0.15, 0.2) is 0 Å². The smallest absolute Gasteiger partial charge is 0.222 e.